The van der Waals surface area contributed by atoms with Gasteiger partial charge >= 0.3 is 5.97 Å². The van der Waals surface area contributed by atoms with Crippen molar-refractivity contribution in [3.63, 3.8) is 0 Å². The summed E-state index contributed by atoms with van der Waals surface area (Å²) >= 11 is 1.88. The van der Waals surface area contributed by atoms with E-state index in [4.69, 9.17) is 4.74 Å². The molecule has 1 aliphatic rings. The molecule has 0 aromatic rings. The fourth-order valence-electron chi connectivity index (χ4n) is 1.30. The maximum absolute atomic E-state index is 11.1. The number of ether oxygens (including phenoxy) is 1. The summed E-state index contributed by atoms with van der Waals surface area (Å²) in [6.07, 6.45) is 4.01. The van der Waals surface area contributed by atoms with Crippen molar-refractivity contribution in [3.05, 3.63) is 24.0 Å². The lowest BCUT2D eigenvalue weighted by Crippen LogP contribution is -2.10. The Balaban J connectivity index is 2.67. The van der Waals surface area contributed by atoms with Crippen LogP contribution in [0.15, 0.2) is 24.0 Å². The lowest BCUT2D eigenvalue weighted by atomic mass is 10.1. The first-order chi connectivity index (χ1) is 6.77. The highest BCUT2D eigenvalue weighted by Gasteiger charge is 2.15. The van der Waals surface area contributed by atoms with Crippen LogP contribution in [0, 0.1) is 0 Å². The molecule has 0 N–H and O–H groups in total. The number of allylic oxidation sites excluding steroid dienone is 2. The molecule has 1 heterocycles. The number of hydrogen-bond acceptors (Lipinski definition) is 3. The SMILES string of the molecule is C=CCC1=C(OC(=O)CC)CCSC1. The average Bonchev–Trinajstić information content (AvgIpc) is 2.21. The molecule has 0 spiro atoms. The summed E-state index contributed by atoms with van der Waals surface area (Å²) in [5.74, 6) is 2.77. The van der Waals surface area contributed by atoms with Crippen LogP contribution in [0.2, 0.25) is 0 Å². The van der Waals surface area contributed by atoms with Crippen molar-refractivity contribution in [3.8, 4) is 0 Å². The van der Waals surface area contributed by atoms with Gasteiger partial charge < -0.3 is 4.74 Å². The zero-order chi connectivity index (χ0) is 10.4. The van der Waals surface area contributed by atoms with Gasteiger partial charge in [0, 0.05) is 24.3 Å². The van der Waals surface area contributed by atoms with Crippen molar-refractivity contribution in [2.24, 2.45) is 0 Å². The van der Waals surface area contributed by atoms with E-state index in [9.17, 15) is 4.79 Å². The van der Waals surface area contributed by atoms with Gasteiger partial charge in [0.15, 0.2) is 0 Å². The molecule has 2 nitrogen and oxygen atoms in total. The van der Waals surface area contributed by atoms with Gasteiger partial charge in [-0.05, 0) is 12.0 Å². The Morgan fingerprint density at radius 2 is 2.50 bits per heavy atom. The van der Waals surface area contributed by atoms with Gasteiger partial charge in [-0.1, -0.05) is 13.0 Å². The minimum absolute atomic E-state index is 0.131. The number of carbonyl (C=O) groups is 1. The van der Waals surface area contributed by atoms with E-state index in [1.54, 1.807) is 0 Å². The normalized spacial score (nSPS) is 16.6. The minimum atomic E-state index is -0.131. The van der Waals surface area contributed by atoms with Gasteiger partial charge in [-0.3, -0.25) is 4.79 Å². The van der Waals surface area contributed by atoms with Gasteiger partial charge in [0.25, 0.3) is 0 Å². The van der Waals surface area contributed by atoms with E-state index in [1.165, 1.54) is 5.57 Å². The third-order valence-electron chi connectivity index (χ3n) is 2.06. The van der Waals surface area contributed by atoms with Crippen LogP contribution in [-0.4, -0.2) is 17.5 Å². The molecule has 0 radical (unpaired) electrons. The van der Waals surface area contributed by atoms with Crippen LogP contribution in [-0.2, 0) is 9.53 Å². The molecule has 78 valence electrons. The van der Waals surface area contributed by atoms with Crippen LogP contribution in [0.25, 0.3) is 0 Å². The van der Waals surface area contributed by atoms with Gasteiger partial charge in [-0.15, -0.1) is 6.58 Å². The average molecular weight is 212 g/mol. The molecule has 1 aliphatic heterocycles. The Morgan fingerprint density at radius 3 is 3.14 bits per heavy atom. The Bertz CT molecular complexity index is 256. The van der Waals surface area contributed by atoms with Crippen LogP contribution >= 0.6 is 11.8 Å². The number of thioether (sulfide) groups is 1. The third kappa shape index (κ3) is 3.22. The molecule has 0 aromatic carbocycles. The van der Waals surface area contributed by atoms with Crippen molar-refractivity contribution >= 4 is 17.7 Å². The highest BCUT2D eigenvalue weighted by molar-refractivity contribution is 7.99. The van der Waals surface area contributed by atoms with Crippen molar-refractivity contribution < 1.29 is 9.53 Å². The zero-order valence-electron chi connectivity index (χ0n) is 8.54. The van der Waals surface area contributed by atoms with Crippen LogP contribution in [0.4, 0.5) is 0 Å². The summed E-state index contributed by atoms with van der Waals surface area (Å²) in [7, 11) is 0. The quantitative estimate of drug-likeness (QED) is 0.529. The van der Waals surface area contributed by atoms with E-state index >= 15 is 0 Å². The van der Waals surface area contributed by atoms with E-state index in [2.05, 4.69) is 6.58 Å². The molecular weight excluding hydrogens is 196 g/mol. The van der Waals surface area contributed by atoms with Gasteiger partial charge in [0.05, 0.1) is 0 Å². The van der Waals surface area contributed by atoms with Crippen molar-refractivity contribution in [1.29, 1.82) is 0 Å². The van der Waals surface area contributed by atoms with Gasteiger partial charge in [-0.25, -0.2) is 0 Å². The molecule has 0 aromatic heterocycles. The van der Waals surface area contributed by atoms with Crippen LogP contribution in [0.3, 0.4) is 0 Å². The molecule has 0 saturated carbocycles. The fraction of sp³-hybridized carbons (Fsp3) is 0.545. The smallest absolute Gasteiger partial charge is 0.310 e. The molecule has 0 unspecified atom stereocenters. The second-order valence-electron chi connectivity index (χ2n) is 3.15. The summed E-state index contributed by atoms with van der Waals surface area (Å²) in [6, 6.07) is 0. The minimum Gasteiger partial charge on any atom is -0.431 e. The van der Waals surface area contributed by atoms with E-state index in [1.807, 2.05) is 24.8 Å². The van der Waals surface area contributed by atoms with E-state index in [0.29, 0.717) is 6.42 Å². The number of carbonyl (C=O) groups excluding carboxylic acids is 1. The zero-order valence-corrected chi connectivity index (χ0v) is 9.36. The Morgan fingerprint density at radius 1 is 1.71 bits per heavy atom. The molecule has 1 rings (SSSR count). The van der Waals surface area contributed by atoms with Gasteiger partial charge in [0.1, 0.15) is 5.76 Å². The first-order valence-electron chi connectivity index (χ1n) is 4.88. The highest BCUT2D eigenvalue weighted by atomic mass is 32.2. The summed E-state index contributed by atoms with van der Waals surface area (Å²) in [6.45, 7) is 5.52. The van der Waals surface area contributed by atoms with Crippen molar-refractivity contribution in [2.75, 3.05) is 11.5 Å². The Hall–Kier alpha value is -0.700. The molecule has 0 saturated heterocycles. The molecule has 0 amide bonds. The first-order valence-corrected chi connectivity index (χ1v) is 6.03. The third-order valence-corrected chi connectivity index (χ3v) is 3.11. The topological polar surface area (TPSA) is 26.3 Å². The fourth-order valence-corrected chi connectivity index (χ4v) is 2.30. The largest absolute Gasteiger partial charge is 0.431 e. The number of esters is 1. The lowest BCUT2D eigenvalue weighted by Gasteiger charge is -2.18. The molecule has 0 aliphatic carbocycles. The second kappa shape index (κ2) is 5.91. The monoisotopic (exact) mass is 212 g/mol. The molecule has 3 heteroatoms. The van der Waals surface area contributed by atoms with E-state index in [0.717, 1.165) is 30.1 Å². The number of rotatable bonds is 4. The molecular formula is C11H16O2S. The van der Waals surface area contributed by atoms with Crippen molar-refractivity contribution in [1.82, 2.24) is 0 Å². The summed E-state index contributed by atoms with van der Waals surface area (Å²) in [4.78, 5) is 11.1. The van der Waals surface area contributed by atoms with Crippen LogP contribution in [0.5, 0.6) is 0 Å². The first kappa shape index (κ1) is 11.4. The Kier molecular flexibility index (Phi) is 4.80. The van der Waals surface area contributed by atoms with Crippen molar-refractivity contribution in [2.45, 2.75) is 26.2 Å². The van der Waals surface area contributed by atoms with Gasteiger partial charge in [-0.2, -0.15) is 11.8 Å². The number of hydrogen-bond donors (Lipinski definition) is 0. The maximum atomic E-state index is 11.1. The van der Waals surface area contributed by atoms with Crippen LogP contribution in [0.1, 0.15) is 26.2 Å². The summed E-state index contributed by atoms with van der Waals surface area (Å²) in [5.41, 5.74) is 1.22. The maximum Gasteiger partial charge on any atom is 0.310 e. The predicted octanol–water partition coefficient (Wildman–Crippen LogP) is 2.91. The standard InChI is InChI=1S/C11H16O2S/c1-3-5-9-8-14-7-6-10(9)13-11(12)4-2/h3H,1,4-8H2,2H3. The van der Waals surface area contributed by atoms with Crippen LogP contribution < -0.4 is 0 Å². The highest BCUT2D eigenvalue weighted by Crippen LogP contribution is 2.27. The molecule has 0 bridgehead atoms. The van der Waals surface area contributed by atoms with Gasteiger partial charge in [0.2, 0.25) is 0 Å². The molecule has 0 atom stereocenters. The lowest BCUT2D eigenvalue weighted by molar-refractivity contribution is -0.139. The van der Waals surface area contributed by atoms with E-state index in [-0.39, 0.29) is 5.97 Å². The molecule has 0 fully saturated rings. The van der Waals surface area contributed by atoms with E-state index < -0.39 is 0 Å². The summed E-state index contributed by atoms with van der Waals surface area (Å²) < 4.78 is 5.29. The summed E-state index contributed by atoms with van der Waals surface area (Å²) in [5, 5.41) is 0. The molecule has 14 heavy (non-hydrogen) atoms. The Labute approximate surface area is 89.4 Å². The second-order valence-corrected chi connectivity index (χ2v) is 4.25. The predicted molar refractivity (Wildman–Crippen MR) is 60.2 cm³/mol.